The lowest BCUT2D eigenvalue weighted by Crippen LogP contribution is -2.14. The molecule has 13 heteroatoms. The number of rotatable bonds is 7. The molecule has 0 aliphatic rings. The molecule has 32 heavy (non-hydrogen) atoms. The second kappa shape index (κ2) is 9.09. The van der Waals surface area contributed by atoms with Crippen molar-refractivity contribution in [2.75, 3.05) is 11.1 Å². The maximum Gasteiger partial charge on any atom is 0.416 e. The second-order valence-corrected chi connectivity index (χ2v) is 7.35. The molecule has 166 valence electrons. The van der Waals surface area contributed by atoms with Crippen molar-refractivity contribution in [3.63, 3.8) is 0 Å². The summed E-state index contributed by atoms with van der Waals surface area (Å²) in [6.45, 7) is 0. The number of thioether (sulfide) groups is 1. The number of carbonyl (C=O) groups is 2. The van der Waals surface area contributed by atoms with Crippen LogP contribution in [0.5, 0.6) is 0 Å². The molecule has 0 aliphatic carbocycles. The minimum atomic E-state index is -4.71. The van der Waals surface area contributed by atoms with E-state index in [2.05, 4.69) is 10.4 Å². The Morgan fingerprint density at radius 2 is 1.84 bits per heavy atom. The second-order valence-electron chi connectivity index (χ2n) is 6.33. The van der Waals surface area contributed by atoms with Crippen LogP contribution < -0.4 is 11.1 Å². The van der Waals surface area contributed by atoms with Crippen LogP contribution in [0.2, 0.25) is 0 Å². The van der Waals surface area contributed by atoms with E-state index in [0.29, 0.717) is 17.4 Å². The quantitative estimate of drug-likeness (QED) is 0.311. The molecule has 3 aromatic rings. The molecular weight excluding hydrogens is 451 g/mol. The highest BCUT2D eigenvalue weighted by atomic mass is 32.2. The van der Waals surface area contributed by atoms with E-state index >= 15 is 0 Å². The summed E-state index contributed by atoms with van der Waals surface area (Å²) in [7, 11) is 0. The number of carbonyl (C=O) groups excluding carboxylic acids is 2. The first-order valence-corrected chi connectivity index (χ1v) is 9.77. The number of amides is 2. The van der Waals surface area contributed by atoms with E-state index in [0.717, 1.165) is 23.9 Å². The lowest BCUT2D eigenvalue weighted by Gasteiger charge is -2.09. The monoisotopic (exact) mass is 465 g/mol. The molecule has 3 rings (SSSR count). The third-order valence-corrected chi connectivity index (χ3v) is 5.16. The molecule has 3 N–H and O–H groups in total. The van der Waals surface area contributed by atoms with Gasteiger partial charge in [0.15, 0.2) is 0 Å². The van der Waals surface area contributed by atoms with E-state index in [-0.39, 0.29) is 16.3 Å². The van der Waals surface area contributed by atoms with Crippen molar-refractivity contribution < 1.29 is 27.7 Å². The molecule has 1 aromatic heterocycles. The highest BCUT2D eigenvalue weighted by molar-refractivity contribution is 8.00. The van der Waals surface area contributed by atoms with Crippen molar-refractivity contribution in [1.82, 2.24) is 9.78 Å². The maximum atomic E-state index is 12.8. The molecule has 0 spiro atoms. The zero-order chi connectivity index (χ0) is 23.5. The van der Waals surface area contributed by atoms with Gasteiger partial charge in [-0.05, 0) is 42.5 Å². The van der Waals surface area contributed by atoms with Gasteiger partial charge in [0, 0.05) is 18.0 Å². The van der Waals surface area contributed by atoms with Gasteiger partial charge in [-0.1, -0.05) is 0 Å². The fourth-order valence-electron chi connectivity index (χ4n) is 2.60. The smallest absolute Gasteiger partial charge is 0.364 e. The highest BCUT2D eigenvalue weighted by Gasteiger charge is 2.33. The Morgan fingerprint density at radius 3 is 2.41 bits per heavy atom. The molecule has 0 radical (unpaired) electrons. The minimum Gasteiger partial charge on any atom is -0.364 e. The number of anilines is 1. The van der Waals surface area contributed by atoms with E-state index in [1.54, 1.807) is 30.5 Å². The number of nitro benzene ring substituents is 1. The van der Waals surface area contributed by atoms with Gasteiger partial charge in [-0.2, -0.15) is 18.3 Å². The summed E-state index contributed by atoms with van der Waals surface area (Å²) in [5, 5.41) is 17.7. The van der Waals surface area contributed by atoms with Crippen LogP contribution in [-0.4, -0.2) is 32.3 Å². The largest absolute Gasteiger partial charge is 0.416 e. The van der Waals surface area contributed by atoms with E-state index in [9.17, 15) is 32.9 Å². The SMILES string of the molecule is NC(=O)c1ccn(-c2ccc(NC(=O)CSc3ccc(C(F)(F)F)cc3[N+](=O)[O-])cc2)n1. The number of halogens is 3. The van der Waals surface area contributed by atoms with E-state index in [1.807, 2.05) is 0 Å². The van der Waals surface area contributed by atoms with Crippen molar-refractivity contribution in [3.05, 3.63) is 76.1 Å². The molecule has 2 aromatic carbocycles. The van der Waals surface area contributed by atoms with E-state index < -0.39 is 34.2 Å². The fraction of sp³-hybridized carbons (Fsp3) is 0.105. The molecule has 2 amide bonds. The predicted octanol–water partition coefficient (Wildman–Crippen LogP) is 3.63. The van der Waals surface area contributed by atoms with Gasteiger partial charge in [-0.3, -0.25) is 19.7 Å². The van der Waals surface area contributed by atoms with Crippen molar-refractivity contribution in [1.29, 1.82) is 0 Å². The highest BCUT2D eigenvalue weighted by Crippen LogP contribution is 2.36. The van der Waals surface area contributed by atoms with Crippen molar-refractivity contribution in [2.24, 2.45) is 5.73 Å². The van der Waals surface area contributed by atoms with Gasteiger partial charge in [0.1, 0.15) is 5.69 Å². The van der Waals surface area contributed by atoms with Gasteiger partial charge in [0.2, 0.25) is 5.91 Å². The van der Waals surface area contributed by atoms with Crippen LogP contribution in [0.1, 0.15) is 16.1 Å². The third kappa shape index (κ3) is 5.43. The minimum absolute atomic E-state index is 0.0579. The summed E-state index contributed by atoms with van der Waals surface area (Å²) in [4.78, 5) is 33.4. The number of nitrogens with one attached hydrogen (secondary N) is 1. The summed E-state index contributed by atoms with van der Waals surface area (Å²) in [6, 6.07) is 9.99. The topological polar surface area (TPSA) is 133 Å². The van der Waals surface area contributed by atoms with Gasteiger partial charge in [-0.15, -0.1) is 11.8 Å². The average molecular weight is 465 g/mol. The molecule has 0 bridgehead atoms. The molecule has 1 heterocycles. The standard InChI is InChI=1S/C19H14F3N5O4S/c20-19(21,22)11-1-6-16(15(9-11)27(30)31)32-10-17(28)24-12-2-4-13(5-3-12)26-8-7-14(25-26)18(23)29/h1-9H,10H2,(H2,23,29)(H,24,28). The normalized spacial score (nSPS) is 11.2. The summed E-state index contributed by atoms with van der Waals surface area (Å²) in [5.41, 5.74) is 4.41. The Kier molecular flexibility index (Phi) is 6.48. The van der Waals surface area contributed by atoms with Crippen molar-refractivity contribution in [2.45, 2.75) is 11.1 Å². The predicted molar refractivity (Wildman–Crippen MR) is 110 cm³/mol. The lowest BCUT2D eigenvalue weighted by atomic mass is 10.2. The molecule has 0 unspecified atom stereocenters. The van der Waals surface area contributed by atoms with Crippen molar-refractivity contribution >= 4 is 35.0 Å². The molecular formula is C19H14F3N5O4S. The average Bonchev–Trinajstić information content (AvgIpc) is 3.22. The Morgan fingerprint density at radius 1 is 1.16 bits per heavy atom. The third-order valence-electron chi connectivity index (χ3n) is 4.10. The summed E-state index contributed by atoms with van der Waals surface area (Å²) in [6.07, 6.45) is -3.17. The Labute approximate surface area is 182 Å². The number of nitrogens with zero attached hydrogens (tertiary/aromatic N) is 3. The lowest BCUT2D eigenvalue weighted by molar-refractivity contribution is -0.388. The summed E-state index contributed by atoms with van der Waals surface area (Å²) < 4.78 is 39.7. The van der Waals surface area contributed by atoms with Crippen LogP contribution >= 0.6 is 11.8 Å². The number of nitro groups is 1. The van der Waals surface area contributed by atoms with Gasteiger partial charge < -0.3 is 11.1 Å². The molecule has 0 saturated heterocycles. The van der Waals surface area contributed by atoms with E-state index in [1.165, 1.54) is 10.7 Å². The molecule has 9 nitrogen and oxygen atoms in total. The summed E-state index contributed by atoms with van der Waals surface area (Å²) in [5.74, 6) is -1.43. The Bertz CT molecular complexity index is 1180. The maximum absolute atomic E-state index is 12.8. The van der Waals surface area contributed by atoms with Crippen LogP contribution in [0.15, 0.2) is 59.6 Å². The number of hydrogen-bond donors (Lipinski definition) is 2. The number of alkyl halides is 3. The van der Waals surface area contributed by atoms with Gasteiger partial charge in [0.05, 0.1) is 26.8 Å². The van der Waals surface area contributed by atoms with Crippen LogP contribution in [0.3, 0.4) is 0 Å². The molecule has 0 fully saturated rings. The first kappa shape index (κ1) is 22.8. The summed E-state index contributed by atoms with van der Waals surface area (Å²) >= 11 is 0.749. The number of hydrogen-bond acceptors (Lipinski definition) is 6. The van der Waals surface area contributed by atoms with Crippen LogP contribution in [-0.2, 0) is 11.0 Å². The fourth-order valence-corrected chi connectivity index (χ4v) is 3.40. The number of primary amides is 1. The molecule has 0 aliphatic heterocycles. The zero-order valence-electron chi connectivity index (χ0n) is 16.0. The van der Waals surface area contributed by atoms with Crippen molar-refractivity contribution in [3.8, 4) is 5.69 Å². The number of benzene rings is 2. The first-order chi connectivity index (χ1) is 15.0. The van der Waals surface area contributed by atoms with Gasteiger partial charge in [0.25, 0.3) is 11.6 Å². The molecule has 0 saturated carbocycles. The number of nitrogens with two attached hydrogens (primary N) is 1. The van der Waals surface area contributed by atoms with Crippen LogP contribution in [0.25, 0.3) is 5.69 Å². The number of aromatic nitrogens is 2. The zero-order valence-corrected chi connectivity index (χ0v) is 16.8. The Hall–Kier alpha value is -3.87. The van der Waals surface area contributed by atoms with Crippen LogP contribution in [0.4, 0.5) is 24.5 Å². The van der Waals surface area contributed by atoms with Gasteiger partial charge in [-0.25, -0.2) is 4.68 Å². The van der Waals surface area contributed by atoms with Gasteiger partial charge >= 0.3 is 6.18 Å². The molecule has 0 atom stereocenters. The van der Waals surface area contributed by atoms with E-state index in [4.69, 9.17) is 5.73 Å². The Balaban J connectivity index is 1.63. The van der Waals surface area contributed by atoms with Crippen LogP contribution in [0, 0.1) is 10.1 Å². The first-order valence-electron chi connectivity index (χ1n) is 8.79.